The number of nitrogens with one attached hydrogen (secondary N) is 1. The summed E-state index contributed by atoms with van der Waals surface area (Å²) in [6, 6.07) is -1.47. The first kappa shape index (κ1) is 21.4. The normalized spacial score (nSPS) is 12.3. The molecule has 0 spiro atoms. The van der Waals surface area contributed by atoms with Gasteiger partial charge in [-0.05, 0) is 0 Å². The van der Waals surface area contributed by atoms with E-state index in [9.17, 15) is 24.0 Å². The van der Waals surface area contributed by atoms with Gasteiger partial charge in [0, 0.05) is 6.42 Å². The van der Waals surface area contributed by atoms with Crippen molar-refractivity contribution < 1.29 is 42.9 Å². The predicted molar refractivity (Wildman–Crippen MR) is 77.3 cm³/mol. The van der Waals surface area contributed by atoms with Gasteiger partial charge in [0.2, 0.25) is 5.91 Å². The van der Waals surface area contributed by atoms with Gasteiger partial charge in [-0.25, -0.2) is 4.79 Å². The minimum absolute atomic E-state index is 0.212. The van der Waals surface area contributed by atoms with Gasteiger partial charge >= 0.3 is 23.9 Å². The van der Waals surface area contributed by atoms with E-state index in [1.165, 1.54) is 7.11 Å². The van der Waals surface area contributed by atoms with Crippen LogP contribution in [0.25, 0.3) is 0 Å². The summed E-state index contributed by atoms with van der Waals surface area (Å²) in [4.78, 5) is 58.1. The first-order chi connectivity index (χ1) is 11.3. The number of hydrogen-bond acceptors (Lipinski definition) is 9. The van der Waals surface area contributed by atoms with Crippen LogP contribution >= 0.6 is 0 Å². The monoisotopic (exact) mass is 347 g/mol. The summed E-state index contributed by atoms with van der Waals surface area (Å²) in [6.45, 7) is 0. The molecule has 0 rings (SSSR count). The Labute approximate surface area is 138 Å². The van der Waals surface area contributed by atoms with E-state index in [4.69, 9.17) is 0 Å². The molecular formula is C14H21NO9. The lowest BCUT2D eigenvalue weighted by Gasteiger charge is -2.23. The average molecular weight is 347 g/mol. The maximum atomic E-state index is 11.9. The summed E-state index contributed by atoms with van der Waals surface area (Å²) in [7, 11) is 4.41. The van der Waals surface area contributed by atoms with Crippen LogP contribution in [0, 0.1) is 5.92 Å². The summed E-state index contributed by atoms with van der Waals surface area (Å²) in [5, 5.41) is 2.26. The fourth-order valence-corrected chi connectivity index (χ4v) is 1.77. The Morgan fingerprint density at radius 3 is 1.75 bits per heavy atom. The van der Waals surface area contributed by atoms with Crippen molar-refractivity contribution in [2.75, 3.05) is 28.4 Å². The molecule has 10 nitrogen and oxygen atoms in total. The molecule has 0 aliphatic heterocycles. The minimum atomic E-state index is -1.47. The highest BCUT2D eigenvalue weighted by atomic mass is 16.5. The van der Waals surface area contributed by atoms with Crippen LogP contribution in [0.4, 0.5) is 0 Å². The van der Waals surface area contributed by atoms with E-state index in [1.807, 2.05) is 0 Å². The molecule has 0 aromatic heterocycles. The number of carbonyl (C=O) groups is 5. The molecule has 0 saturated heterocycles. The molecule has 0 aromatic carbocycles. The zero-order valence-electron chi connectivity index (χ0n) is 14.0. The minimum Gasteiger partial charge on any atom is -0.469 e. The van der Waals surface area contributed by atoms with Crippen molar-refractivity contribution >= 4 is 29.8 Å². The Morgan fingerprint density at radius 1 is 0.750 bits per heavy atom. The van der Waals surface area contributed by atoms with Crippen molar-refractivity contribution in [3.8, 4) is 0 Å². The third-order valence-electron chi connectivity index (χ3n) is 3.08. The van der Waals surface area contributed by atoms with Gasteiger partial charge in [-0.2, -0.15) is 0 Å². The Kier molecular flexibility index (Phi) is 9.76. The maximum absolute atomic E-state index is 11.9. The molecule has 0 aliphatic carbocycles. The van der Waals surface area contributed by atoms with Crippen LogP contribution in [-0.4, -0.2) is 64.3 Å². The molecule has 0 unspecified atom stereocenters. The fourth-order valence-electron chi connectivity index (χ4n) is 1.77. The van der Waals surface area contributed by atoms with Crippen molar-refractivity contribution in [3.05, 3.63) is 0 Å². The molecule has 136 valence electrons. The predicted octanol–water partition coefficient (Wildman–Crippen LogP) is -1.05. The summed E-state index contributed by atoms with van der Waals surface area (Å²) in [5.74, 6) is -5.27. The molecule has 1 N–H and O–H groups in total. The van der Waals surface area contributed by atoms with E-state index in [1.54, 1.807) is 0 Å². The molecule has 10 heteroatoms. The maximum Gasteiger partial charge on any atom is 0.329 e. The smallest absolute Gasteiger partial charge is 0.329 e. The largest absolute Gasteiger partial charge is 0.469 e. The van der Waals surface area contributed by atoms with Gasteiger partial charge in [0.1, 0.15) is 6.04 Å². The van der Waals surface area contributed by atoms with E-state index in [2.05, 4.69) is 24.3 Å². The van der Waals surface area contributed by atoms with Crippen LogP contribution < -0.4 is 5.32 Å². The molecule has 2 atom stereocenters. The van der Waals surface area contributed by atoms with Crippen molar-refractivity contribution in [3.63, 3.8) is 0 Å². The fraction of sp³-hybridized carbons (Fsp3) is 0.643. The Hall–Kier alpha value is -2.65. The number of carbonyl (C=O) groups excluding carboxylic acids is 5. The Morgan fingerprint density at radius 2 is 1.29 bits per heavy atom. The third kappa shape index (κ3) is 7.07. The second kappa shape index (κ2) is 11.0. The first-order valence-electron chi connectivity index (χ1n) is 6.89. The van der Waals surface area contributed by atoms with Crippen molar-refractivity contribution in [2.24, 2.45) is 5.92 Å². The molecule has 1 amide bonds. The molecule has 0 radical (unpaired) electrons. The van der Waals surface area contributed by atoms with E-state index >= 15 is 0 Å². The molecule has 24 heavy (non-hydrogen) atoms. The molecule has 0 fully saturated rings. The highest BCUT2D eigenvalue weighted by Gasteiger charge is 2.38. The number of hydrogen-bond donors (Lipinski definition) is 1. The lowest BCUT2D eigenvalue weighted by molar-refractivity contribution is -0.159. The van der Waals surface area contributed by atoms with E-state index in [0.717, 1.165) is 21.3 Å². The van der Waals surface area contributed by atoms with Crippen LogP contribution in [0.15, 0.2) is 0 Å². The number of methoxy groups -OCH3 is 4. The number of amides is 1. The molecule has 0 saturated carbocycles. The standard InChI is InChI=1S/C14H21NO9/c1-21-10(17)6-5-9(16)15-12(14(20)24-4)8(13(19)23-3)7-11(18)22-2/h8,12H,5-7H2,1-4H3,(H,15,16)/t8-,12+/m0/s1. The van der Waals surface area contributed by atoms with Crippen molar-refractivity contribution in [1.82, 2.24) is 5.32 Å². The van der Waals surface area contributed by atoms with E-state index in [-0.39, 0.29) is 12.8 Å². The van der Waals surface area contributed by atoms with E-state index < -0.39 is 48.2 Å². The van der Waals surface area contributed by atoms with Crippen LogP contribution in [0.2, 0.25) is 0 Å². The van der Waals surface area contributed by atoms with Crippen molar-refractivity contribution in [2.45, 2.75) is 25.3 Å². The van der Waals surface area contributed by atoms with Gasteiger partial charge < -0.3 is 24.3 Å². The van der Waals surface area contributed by atoms with Crippen LogP contribution in [-0.2, 0) is 42.9 Å². The zero-order valence-corrected chi connectivity index (χ0v) is 14.0. The summed E-state index contributed by atoms with van der Waals surface area (Å²) in [5.41, 5.74) is 0. The Bertz CT molecular complexity index is 489. The van der Waals surface area contributed by atoms with Gasteiger partial charge in [-0.1, -0.05) is 0 Å². The lowest BCUT2D eigenvalue weighted by Crippen LogP contribution is -2.50. The van der Waals surface area contributed by atoms with Gasteiger partial charge in [0.15, 0.2) is 0 Å². The Balaban J connectivity index is 5.19. The van der Waals surface area contributed by atoms with Gasteiger partial charge in [-0.15, -0.1) is 0 Å². The SMILES string of the molecule is COC(=O)CCC(=O)N[C@@H](C(=O)OC)[C@H](CC(=O)OC)C(=O)OC. The summed E-state index contributed by atoms with van der Waals surface area (Å²) < 4.78 is 18.0. The number of rotatable bonds is 9. The highest BCUT2D eigenvalue weighted by Crippen LogP contribution is 2.15. The van der Waals surface area contributed by atoms with Crippen LogP contribution in [0.1, 0.15) is 19.3 Å². The van der Waals surface area contributed by atoms with Crippen molar-refractivity contribution in [1.29, 1.82) is 0 Å². The molecular weight excluding hydrogens is 326 g/mol. The van der Waals surface area contributed by atoms with E-state index in [0.29, 0.717) is 0 Å². The molecule has 0 heterocycles. The first-order valence-corrected chi connectivity index (χ1v) is 6.89. The van der Waals surface area contributed by atoms with Crippen LogP contribution in [0.5, 0.6) is 0 Å². The van der Waals surface area contributed by atoms with Gasteiger partial charge in [-0.3, -0.25) is 19.2 Å². The third-order valence-corrected chi connectivity index (χ3v) is 3.08. The summed E-state index contributed by atoms with van der Waals surface area (Å²) >= 11 is 0. The zero-order chi connectivity index (χ0) is 18.7. The van der Waals surface area contributed by atoms with Crippen LogP contribution in [0.3, 0.4) is 0 Å². The number of ether oxygens (including phenoxy) is 4. The summed E-state index contributed by atoms with van der Waals surface area (Å²) in [6.07, 6.45) is -0.984. The second-order valence-corrected chi connectivity index (χ2v) is 4.55. The average Bonchev–Trinajstić information content (AvgIpc) is 2.60. The molecule has 0 aliphatic rings. The molecule has 0 bridgehead atoms. The lowest BCUT2D eigenvalue weighted by atomic mass is 9.95. The van der Waals surface area contributed by atoms with Gasteiger partial charge in [0.25, 0.3) is 0 Å². The molecule has 0 aromatic rings. The topological polar surface area (TPSA) is 134 Å². The number of esters is 4. The van der Waals surface area contributed by atoms with Gasteiger partial charge in [0.05, 0.1) is 47.2 Å². The second-order valence-electron chi connectivity index (χ2n) is 4.55. The quantitative estimate of drug-likeness (QED) is 0.409. The highest BCUT2D eigenvalue weighted by molar-refractivity contribution is 5.91.